The van der Waals surface area contributed by atoms with Gasteiger partial charge in [0.25, 0.3) is 11.5 Å². The van der Waals surface area contributed by atoms with Crippen molar-refractivity contribution >= 4 is 38.9 Å². The summed E-state index contributed by atoms with van der Waals surface area (Å²) in [5.41, 5.74) is 10.3. The molecule has 0 aliphatic heterocycles. The molecule has 4 aromatic rings. The molecule has 0 unspecified atom stereocenters. The number of benzene rings is 2. The van der Waals surface area contributed by atoms with E-state index < -0.39 is 5.91 Å². The normalized spacial score (nSPS) is 11.7. The van der Waals surface area contributed by atoms with Gasteiger partial charge in [0.15, 0.2) is 10.7 Å². The quantitative estimate of drug-likeness (QED) is 0.392. The van der Waals surface area contributed by atoms with Crippen molar-refractivity contribution in [1.29, 1.82) is 0 Å². The molecule has 0 bridgehead atoms. The van der Waals surface area contributed by atoms with E-state index in [1.807, 2.05) is 54.6 Å². The summed E-state index contributed by atoms with van der Waals surface area (Å²) in [4.78, 5) is 29.4. The Hall–Kier alpha value is -3.72. The minimum Gasteiger partial charge on any atom is -0.364 e. The highest BCUT2D eigenvalue weighted by Crippen LogP contribution is 2.22. The van der Waals surface area contributed by atoms with E-state index in [2.05, 4.69) is 15.5 Å². The van der Waals surface area contributed by atoms with Gasteiger partial charge in [-0.05, 0) is 31.2 Å². The molecule has 0 saturated heterocycles. The van der Waals surface area contributed by atoms with Gasteiger partial charge in [-0.25, -0.2) is 9.67 Å². The molecule has 0 aliphatic rings. The molecule has 2 heterocycles. The van der Waals surface area contributed by atoms with Gasteiger partial charge in [0, 0.05) is 7.05 Å². The minimum atomic E-state index is -0.728. The number of aromatic nitrogens is 3. The monoisotopic (exact) mass is 406 g/mol. The van der Waals surface area contributed by atoms with Crippen molar-refractivity contribution in [2.45, 2.75) is 6.92 Å². The number of thiazole rings is 1. The molecule has 0 saturated carbocycles. The Labute approximate surface area is 169 Å². The number of rotatable bonds is 5. The summed E-state index contributed by atoms with van der Waals surface area (Å²) < 4.78 is 4.16. The number of primary amides is 1. The lowest BCUT2D eigenvalue weighted by Gasteiger charge is -2.07. The summed E-state index contributed by atoms with van der Waals surface area (Å²) in [6.45, 7) is 1.79. The molecule has 0 aliphatic carbocycles. The van der Waals surface area contributed by atoms with Crippen LogP contribution in [0.4, 0.5) is 5.69 Å². The number of para-hydroxylation sites is 2. The molecule has 1 amide bonds. The molecule has 0 atom stereocenters. The number of carbonyl (C=O) groups excluding carboxylic acids is 1. The van der Waals surface area contributed by atoms with Crippen LogP contribution < -0.4 is 16.7 Å². The zero-order valence-electron chi connectivity index (χ0n) is 15.8. The SMILES string of the molecule is Cc1c(N/N=C(/C(N)=O)c2nc3ccccc3s2)c(=O)n(-c2ccccc2)n1C. The maximum atomic E-state index is 13.0. The summed E-state index contributed by atoms with van der Waals surface area (Å²) in [5, 5.41) is 4.53. The van der Waals surface area contributed by atoms with Gasteiger partial charge in [-0.3, -0.25) is 19.7 Å². The third-order valence-corrected chi connectivity index (χ3v) is 5.61. The van der Waals surface area contributed by atoms with Crippen LogP contribution in [0.15, 0.2) is 64.5 Å². The van der Waals surface area contributed by atoms with Crippen LogP contribution in [0.5, 0.6) is 0 Å². The zero-order valence-corrected chi connectivity index (χ0v) is 16.6. The molecule has 4 rings (SSSR count). The van der Waals surface area contributed by atoms with E-state index in [9.17, 15) is 9.59 Å². The van der Waals surface area contributed by atoms with Crippen molar-refractivity contribution in [3.8, 4) is 5.69 Å². The summed E-state index contributed by atoms with van der Waals surface area (Å²) in [6.07, 6.45) is 0. The van der Waals surface area contributed by atoms with Gasteiger partial charge in [0.2, 0.25) is 0 Å². The van der Waals surface area contributed by atoms with Crippen LogP contribution in [-0.2, 0) is 11.8 Å². The smallest absolute Gasteiger partial charge is 0.296 e. The van der Waals surface area contributed by atoms with E-state index in [0.29, 0.717) is 10.7 Å². The molecule has 0 radical (unpaired) electrons. The van der Waals surface area contributed by atoms with E-state index >= 15 is 0 Å². The van der Waals surface area contributed by atoms with E-state index in [-0.39, 0.29) is 17.0 Å². The minimum absolute atomic E-state index is 0.0277. The Balaban J connectivity index is 1.75. The second-order valence-corrected chi connectivity index (χ2v) is 7.39. The lowest BCUT2D eigenvalue weighted by atomic mass is 10.3. The van der Waals surface area contributed by atoms with Crippen molar-refractivity contribution in [2.75, 3.05) is 5.43 Å². The van der Waals surface area contributed by atoms with Crippen molar-refractivity contribution in [2.24, 2.45) is 17.9 Å². The number of hydrogen-bond acceptors (Lipinski definition) is 6. The van der Waals surface area contributed by atoms with Crippen LogP contribution in [0.3, 0.4) is 0 Å². The third kappa shape index (κ3) is 3.32. The number of hydrazone groups is 1. The highest BCUT2D eigenvalue weighted by molar-refractivity contribution is 7.21. The second kappa shape index (κ2) is 7.36. The Morgan fingerprint density at radius 1 is 1.14 bits per heavy atom. The largest absolute Gasteiger partial charge is 0.364 e. The number of nitrogens with two attached hydrogens (primary N) is 1. The van der Waals surface area contributed by atoms with Crippen LogP contribution in [0.2, 0.25) is 0 Å². The molecule has 3 N–H and O–H groups in total. The highest BCUT2D eigenvalue weighted by atomic mass is 32.1. The Bertz CT molecular complexity index is 1270. The second-order valence-electron chi connectivity index (χ2n) is 6.36. The molecule has 146 valence electrons. The molecular weight excluding hydrogens is 388 g/mol. The van der Waals surface area contributed by atoms with Crippen LogP contribution in [-0.4, -0.2) is 26.0 Å². The van der Waals surface area contributed by atoms with Crippen LogP contribution in [0, 0.1) is 6.92 Å². The first-order valence-corrected chi connectivity index (χ1v) is 9.62. The van der Waals surface area contributed by atoms with E-state index in [4.69, 9.17) is 5.73 Å². The lowest BCUT2D eigenvalue weighted by Crippen LogP contribution is -2.26. The summed E-state index contributed by atoms with van der Waals surface area (Å²) in [5.74, 6) is -0.728. The molecule has 9 heteroatoms. The first-order valence-electron chi connectivity index (χ1n) is 8.81. The average molecular weight is 406 g/mol. The van der Waals surface area contributed by atoms with Crippen LogP contribution >= 0.6 is 11.3 Å². The van der Waals surface area contributed by atoms with Crippen molar-refractivity contribution < 1.29 is 4.79 Å². The van der Waals surface area contributed by atoms with Gasteiger partial charge < -0.3 is 5.73 Å². The first kappa shape index (κ1) is 18.6. The first-order chi connectivity index (χ1) is 14.0. The van der Waals surface area contributed by atoms with Gasteiger partial charge in [0.05, 0.1) is 21.6 Å². The maximum absolute atomic E-state index is 13.0. The number of nitrogens with one attached hydrogen (secondary N) is 1. The number of hydrogen-bond donors (Lipinski definition) is 2. The van der Waals surface area contributed by atoms with Gasteiger partial charge in [-0.15, -0.1) is 11.3 Å². The number of anilines is 1. The van der Waals surface area contributed by atoms with Crippen molar-refractivity contribution in [3.05, 3.63) is 75.7 Å². The van der Waals surface area contributed by atoms with E-state index in [0.717, 1.165) is 15.9 Å². The van der Waals surface area contributed by atoms with Crippen molar-refractivity contribution in [1.82, 2.24) is 14.3 Å². The van der Waals surface area contributed by atoms with Crippen LogP contribution in [0.25, 0.3) is 15.9 Å². The summed E-state index contributed by atoms with van der Waals surface area (Å²) in [7, 11) is 1.78. The fourth-order valence-electron chi connectivity index (χ4n) is 2.99. The molecule has 2 aromatic carbocycles. The Morgan fingerprint density at radius 2 is 1.83 bits per heavy atom. The third-order valence-electron chi connectivity index (χ3n) is 4.56. The average Bonchev–Trinajstić information content (AvgIpc) is 3.23. The van der Waals surface area contributed by atoms with E-state index in [1.54, 1.807) is 18.7 Å². The van der Waals surface area contributed by atoms with Gasteiger partial charge in [-0.2, -0.15) is 5.10 Å². The Kier molecular flexibility index (Phi) is 4.73. The number of nitrogens with zero attached hydrogens (tertiary/aromatic N) is 4. The van der Waals surface area contributed by atoms with Crippen molar-refractivity contribution in [3.63, 3.8) is 0 Å². The molecular formula is C20H18N6O2S. The van der Waals surface area contributed by atoms with Gasteiger partial charge in [-0.1, -0.05) is 30.3 Å². The van der Waals surface area contributed by atoms with E-state index in [1.165, 1.54) is 16.0 Å². The van der Waals surface area contributed by atoms with Crippen LogP contribution in [0.1, 0.15) is 10.7 Å². The van der Waals surface area contributed by atoms with Gasteiger partial charge >= 0.3 is 0 Å². The highest BCUT2D eigenvalue weighted by Gasteiger charge is 2.19. The number of carbonyl (C=O) groups is 1. The molecule has 8 nitrogen and oxygen atoms in total. The maximum Gasteiger partial charge on any atom is 0.296 e. The van der Waals surface area contributed by atoms with Gasteiger partial charge in [0.1, 0.15) is 5.69 Å². The summed E-state index contributed by atoms with van der Waals surface area (Å²) in [6, 6.07) is 16.8. The fraction of sp³-hybridized carbons (Fsp3) is 0.100. The number of fused-ring (bicyclic) bond motifs is 1. The summed E-state index contributed by atoms with van der Waals surface area (Å²) >= 11 is 1.31. The lowest BCUT2D eigenvalue weighted by molar-refractivity contribution is -0.111. The predicted octanol–water partition coefficient (Wildman–Crippen LogP) is 2.40. The fourth-order valence-corrected chi connectivity index (χ4v) is 3.95. The molecule has 0 fully saturated rings. The zero-order chi connectivity index (χ0) is 20.5. The molecule has 0 spiro atoms. The molecule has 29 heavy (non-hydrogen) atoms. The number of amides is 1. The predicted molar refractivity (Wildman–Crippen MR) is 115 cm³/mol. The topological polar surface area (TPSA) is 107 Å². The Morgan fingerprint density at radius 3 is 2.52 bits per heavy atom. The molecule has 2 aromatic heterocycles. The standard InChI is InChI=1S/C20H18N6O2S/c1-12-16(20(28)26(25(12)2)13-8-4-3-5-9-13)23-24-17(18(21)27)19-22-14-10-6-7-11-15(14)29-19/h3-11,23H,1-2H3,(H2,21,27)/b24-17-.